The zero-order valence-corrected chi connectivity index (χ0v) is 17.5. The van der Waals surface area contributed by atoms with Crippen LogP contribution in [-0.2, 0) is 19.6 Å². The van der Waals surface area contributed by atoms with Gasteiger partial charge in [-0.1, -0.05) is 12.1 Å². The molecule has 1 aliphatic rings. The molecule has 0 bridgehead atoms. The van der Waals surface area contributed by atoms with Crippen LogP contribution < -0.4 is 14.9 Å². The summed E-state index contributed by atoms with van der Waals surface area (Å²) in [6.07, 6.45) is 1.33. The van der Waals surface area contributed by atoms with Crippen LogP contribution in [0.5, 0.6) is 0 Å². The van der Waals surface area contributed by atoms with E-state index in [9.17, 15) is 18.0 Å². The lowest BCUT2D eigenvalue weighted by molar-refractivity contribution is -0.119. The highest BCUT2D eigenvalue weighted by molar-refractivity contribution is 7.92. The summed E-state index contributed by atoms with van der Waals surface area (Å²) in [6, 6.07) is 11.6. The predicted octanol–water partition coefficient (Wildman–Crippen LogP) is 3.12. The van der Waals surface area contributed by atoms with Crippen molar-refractivity contribution in [1.29, 1.82) is 0 Å². The summed E-state index contributed by atoms with van der Waals surface area (Å²) in [4.78, 5) is 25.0. The van der Waals surface area contributed by atoms with Crippen molar-refractivity contribution in [2.24, 2.45) is 0 Å². The summed E-state index contributed by atoms with van der Waals surface area (Å²) in [7, 11) is -3.80. The van der Waals surface area contributed by atoms with Crippen LogP contribution >= 0.6 is 0 Å². The van der Waals surface area contributed by atoms with Gasteiger partial charge in [-0.25, -0.2) is 8.42 Å². The molecule has 154 valence electrons. The van der Waals surface area contributed by atoms with Gasteiger partial charge < -0.3 is 10.2 Å². The van der Waals surface area contributed by atoms with E-state index in [4.69, 9.17) is 0 Å². The van der Waals surface area contributed by atoms with Gasteiger partial charge in [-0.3, -0.25) is 14.3 Å². The first kappa shape index (κ1) is 20.9. The van der Waals surface area contributed by atoms with E-state index in [1.165, 1.54) is 13.0 Å². The Labute approximate surface area is 171 Å². The summed E-state index contributed by atoms with van der Waals surface area (Å²) in [6.45, 7) is 5.64. The van der Waals surface area contributed by atoms with Crippen LogP contribution in [0.25, 0.3) is 0 Å². The zero-order chi connectivity index (χ0) is 21.2. The number of benzene rings is 2. The van der Waals surface area contributed by atoms with E-state index < -0.39 is 10.0 Å². The largest absolute Gasteiger partial charge is 0.350 e. The summed E-state index contributed by atoms with van der Waals surface area (Å²) >= 11 is 0. The second-order valence-electron chi connectivity index (χ2n) is 7.25. The number of hydrogen-bond acceptors (Lipinski definition) is 4. The van der Waals surface area contributed by atoms with Gasteiger partial charge in [-0.05, 0) is 61.7 Å². The number of rotatable bonds is 6. The van der Waals surface area contributed by atoms with Gasteiger partial charge in [0.2, 0.25) is 11.8 Å². The van der Waals surface area contributed by atoms with E-state index in [2.05, 4.69) is 10.0 Å². The molecule has 8 heteroatoms. The normalized spacial score (nSPS) is 15.3. The van der Waals surface area contributed by atoms with Crippen molar-refractivity contribution >= 4 is 33.2 Å². The molecule has 29 heavy (non-hydrogen) atoms. The number of amides is 2. The third-order valence-corrected chi connectivity index (χ3v) is 6.43. The molecule has 0 unspecified atom stereocenters. The van der Waals surface area contributed by atoms with Crippen molar-refractivity contribution in [2.45, 2.75) is 44.6 Å². The van der Waals surface area contributed by atoms with E-state index in [0.29, 0.717) is 24.2 Å². The number of sulfonamides is 1. The van der Waals surface area contributed by atoms with Gasteiger partial charge in [-0.15, -0.1) is 0 Å². The van der Waals surface area contributed by atoms with Crippen molar-refractivity contribution in [1.82, 2.24) is 5.32 Å². The lowest BCUT2D eigenvalue weighted by Gasteiger charge is -2.18. The molecule has 1 aliphatic heterocycles. The van der Waals surface area contributed by atoms with Gasteiger partial charge in [0.1, 0.15) is 0 Å². The number of nitrogens with one attached hydrogen (secondary N) is 2. The van der Waals surface area contributed by atoms with Crippen LogP contribution in [0.2, 0.25) is 0 Å². The van der Waals surface area contributed by atoms with E-state index in [0.717, 1.165) is 17.7 Å². The van der Waals surface area contributed by atoms with E-state index in [1.807, 2.05) is 13.0 Å². The number of hydrogen-bond donors (Lipinski definition) is 2. The first-order valence-electron chi connectivity index (χ1n) is 9.48. The number of carbonyl (C=O) groups excluding carboxylic acids is 2. The molecule has 1 atom stereocenters. The predicted molar refractivity (Wildman–Crippen MR) is 112 cm³/mol. The summed E-state index contributed by atoms with van der Waals surface area (Å²) < 4.78 is 28.4. The number of nitrogens with zero attached hydrogens (tertiary/aromatic N) is 1. The average molecular weight is 416 g/mol. The molecule has 0 radical (unpaired) electrons. The molecule has 2 amide bonds. The van der Waals surface area contributed by atoms with Gasteiger partial charge in [0.05, 0.1) is 10.9 Å². The average Bonchev–Trinajstić information content (AvgIpc) is 3.06. The Morgan fingerprint density at radius 2 is 1.93 bits per heavy atom. The number of aryl methyl sites for hydroxylation is 1. The highest BCUT2D eigenvalue weighted by atomic mass is 32.2. The van der Waals surface area contributed by atoms with Crippen molar-refractivity contribution in [3.05, 3.63) is 53.6 Å². The van der Waals surface area contributed by atoms with Crippen molar-refractivity contribution in [2.75, 3.05) is 16.2 Å². The van der Waals surface area contributed by atoms with Crippen LogP contribution in [0.1, 0.15) is 43.9 Å². The van der Waals surface area contributed by atoms with Crippen LogP contribution in [0, 0.1) is 6.92 Å². The number of carbonyl (C=O) groups is 2. The van der Waals surface area contributed by atoms with Crippen LogP contribution in [-0.4, -0.2) is 26.8 Å². The van der Waals surface area contributed by atoms with Crippen molar-refractivity contribution in [3.8, 4) is 0 Å². The maximum Gasteiger partial charge on any atom is 0.262 e. The highest BCUT2D eigenvalue weighted by Crippen LogP contribution is 2.27. The number of anilines is 2. The molecular formula is C21H25N3O4S. The van der Waals surface area contributed by atoms with E-state index in [1.54, 1.807) is 42.2 Å². The molecule has 3 rings (SSSR count). The lowest BCUT2D eigenvalue weighted by Crippen LogP contribution is -2.24. The molecule has 2 aromatic carbocycles. The monoisotopic (exact) mass is 415 g/mol. The molecular weight excluding hydrogens is 390 g/mol. The fourth-order valence-corrected chi connectivity index (χ4v) is 4.77. The van der Waals surface area contributed by atoms with Crippen LogP contribution in [0.3, 0.4) is 0 Å². The van der Waals surface area contributed by atoms with Crippen molar-refractivity contribution in [3.63, 3.8) is 0 Å². The second kappa shape index (κ2) is 8.24. The Morgan fingerprint density at radius 3 is 2.55 bits per heavy atom. The van der Waals surface area contributed by atoms with Gasteiger partial charge >= 0.3 is 0 Å². The summed E-state index contributed by atoms with van der Waals surface area (Å²) in [5, 5.41) is 2.78. The summed E-state index contributed by atoms with van der Waals surface area (Å²) in [5.74, 6) is -0.0982. The topological polar surface area (TPSA) is 95.6 Å². The maximum absolute atomic E-state index is 12.9. The van der Waals surface area contributed by atoms with E-state index >= 15 is 0 Å². The molecule has 0 aromatic heterocycles. The Hall–Kier alpha value is -2.87. The molecule has 0 saturated carbocycles. The minimum absolute atomic E-state index is 0.0586. The highest BCUT2D eigenvalue weighted by Gasteiger charge is 2.24. The molecule has 1 saturated heterocycles. The SMILES string of the molecule is CC(=O)N[C@H](C)c1cccc(NS(=O)(=O)c2ccc(N3CCCC3=O)cc2C)c1. The summed E-state index contributed by atoms with van der Waals surface area (Å²) in [5.41, 5.74) is 2.49. The molecule has 0 spiro atoms. The molecule has 2 aromatic rings. The minimum atomic E-state index is -3.80. The molecule has 7 nitrogen and oxygen atoms in total. The molecule has 0 aliphatic carbocycles. The quantitative estimate of drug-likeness (QED) is 0.758. The van der Waals surface area contributed by atoms with Crippen molar-refractivity contribution < 1.29 is 18.0 Å². The Kier molecular flexibility index (Phi) is 5.93. The fraction of sp³-hybridized carbons (Fsp3) is 0.333. The lowest BCUT2D eigenvalue weighted by atomic mass is 10.1. The molecule has 1 heterocycles. The molecule has 2 N–H and O–H groups in total. The third-order valence-electron chi connectivity index (χ3n) is 4.89. The van der Waals surface area contributed by atoms with Crippen LogP contribution in [0.4, 0.5) is 11.4 Å². The van der Waals surface area contributed by atoms with Gasteiger partial charge in [0, 0.05) is 31.3 Å². The third kappa shape index (κ3) is 4.76. The first-order valence-corrected chi connectivity index (χ1v) is 11.0. The maximum atomic E-state index is 12.9. The van der Waals surface area contributed by atoms with Crippen LogP contribution in [0.15, 0.2) is 47.4 Å². The smallest absolute Gasteiger partial charge is 0.262 e. The molecule has 1 fully saturated rings. The van der Waals surface area contributed by atoms with Gasteiger partial charge in [0.25, 0.3) is 10.0 Å². The zero-order valence-electron chi connectivity index (χ0n) is 16.7. The first-order chi connectivity index (χ1) is 13.7. The Morgan fingerprint density at radius 1 is 1.17 bits per heavy atom. The van der Waals surface area contributed by atoms with Gasteiger partial charge in [0.15, 0.2) is 0 Å². The van der Waals surface area contributed by atoms with Gasteiger partial charge in [-0.2, -0.15) is 0 Å². The Balaban J connectivity index is 1.83. The Bertz CT molecular complexity index is 1050. The van der Waals surface area contributed by atoms with E-state index in [-0.39, 0.29) is 22.8 Å². The second-order valence-corrected chi connectivity index (χ2v) is 8.90. The fourth-order valence-electron chi connectivity index (χ4n) is 3.49. The standard InChI is InChI=1S/C21H25N3O4S/c1-14-12-19(24-11-5-8-21(24)26)9-10-20(14)29(27,28)23-18-7-4-6-17(13-18)15(2)22-16(3)25/h4,6-7,9-10,12-13,15,23H,5,8,11H2,1-3H3,(H,22,25)/t15-/m1/s1. The minimum Gasteiger partial charge on any atom is -0.350 e.